The number of halogens is 4. The number of aromatic nitrogens is 4. The van der Waals surface area contributed by atoms with Crippen LogP contribution in [-0.4, -0.2) is 38.9 Å². The van der Waals surface area contributed by atoms with Gasteiger partial charge in [-0.1, -0.05) is 34.4 Å². The third-order valence-corrected chi connectivity index (χ3v) is 6.24. The fourth-order valence-electron chi connectivity index (χ4n) is 4.55. The summed E-state index contributed by atoms with van der Waals surface area (Å²) < 4.78 is 46.1. The first-order valence-corrected chi connectivity index (χ1v) is 12.3. The molecule has 37 heavy (non-hydrogen) atoms. The monoisotopic (exact) mass is 536 g/mol. The molecule has 0 saturated carbocycles. The Labute approximate surface area is 217 Å². The van der Waals surface area contributed by atoms with Crippen molar-refractivity contribution in [3.8, 4) is 0 Å². The number of anilines is 2. The second-order valence-electron chi connectivity index (χ2n) is 9.36. The summed E-state index contributed by atoms with van der Waals surface area (Å²) in [4.78, 5) is 17.6. The fraction of sp³-hybridized carbons (Fsp3) is 0.440. The van der Waals surface area contributed by atoms with E-state index in [2.05, 4.69) is 15.4 Å². The number of carbonyl (C=O) groups is 1. The highest BCUT2D eigenvalue weighted by molar-refractivity contribution is 6.31. The molecule has 4 rings (SSSR count). The van der Waals surface area contributed by atoms with E-state index in [1.54, 1.807) is 50.9 Å². The summed E-state index contributed by atoms with van der Waals surface area (Å²) >= 11 is 6.32. The van der Waals surface area contributed by atoms with Crippen molar-refractivity contribution in [1.82, 2.24) is 20.2 Å². The molecule has 3 aromatic rings. The molecule has 1 unspecified atom stereocenters. The van der Waals surface area contributed by atoms with Crippen LogP contribution in [0.4, 0.5) is 29.6 Å². The maximum absolute atomic E-state index is 13.6. The summed E-state index contributed by atoms with van der Waals surface area (Å²) in [6.07, 6.45) is -4.09. The Morgan fingerprint density at radius 3 is 2.65 bits per heavy atom. The van der Waals surface area contributed by atoms with E-state index in [1.807, 2.05) is 11.0 Å². The standard InChI is InChI=1S/C25H28ClF3N6O2/c1-15(2)37-24(36)34-9-5-6-21(20-8-7-19(26)13-22(20)34)35(23-30-32-33(4)31-23)14-17-10-16(3)11-18(12-17)25(27,28)29/h7-8,10-13,15,21H,5-6,9,14H2,1-4H3. The largest absolute Gasteiger partial charge is 0.446 e. The molecule has 198 valence electrons. The molecule has 0 saturated heterocycles. The van der Waals surface area contributed by atoms with Gasteiger partial charge in [-0.15, -0.1) is 5.10 Å². The van der Waals surface area contributed by atoms with E-state index in [9.17, 15) is 18.0 Å². The van der Waals surface area contributed by atoms with Crippen molar-refractivity contribution in [3.63, 3.8) is 0 Å². The summed E-state index contributed by atoms with van der Waals surface area (Å²) in [5.74, 6) is 0.265. The smallest absolute Gasteiger partial charge is 0.416 e. The zero-order chi connectivity index (χ0) is 26.9. The molecule has 0 radical (unpaired) electrons. The second kappa shape index (κ2) is 10.6. The van der Waals surface area contributed by atoms with Crippen molar-refractivity contribution in [2.75, 3.05) is 16.3 Å². The summed E-state index contributed by atoms with van der Waals surface area (Å²) in [6, 6.07) is 8.85. The van der Waals surface area contributed by atoms with Gasteiger partial charge in [0.2, 0.25) is 0 Å². The molecule has 1 amide bonds. The number of rotatable bonds is 5. The van der Waals surface area contributed by atoms with Gasteiger partial charge in [-0.25, -0.2) is 4.79 Å². The first-order chi connectivity index (χ1) is 17.4. The molecule has 0 N–H and O–H groups in total. The molecule has 2 aromatic carbocycles. The highest BCUT2D eigenvalue weighted by atomic mass is 35.5. The normalized spacial score (nSPS) is 15.9. The lowest BCUT2D eigenvalue weighted by Gasteiger charge is -2.32. The van der Waals surface area contributed by atoms with Crippen molar-refractivity contribution in [2.45, 2.75) is 58.5 Å². The molecule has 2 heterocycles. The van der Waals surface area contributed by atoms with Gasteiger partial charge in [0.25, 0.3) is 5.95 Å². The Morgan fingerprint density at radius 2 is 2.00 bits per heavy atom. The van der Waals surface area contributed by atoms with Crippen molar-refractivity contribution in [1.29, 1.82) is 0 Å². The van der Waals surface area contributed by atoms with E-state index in [4.69, 9.17) is 16.3 Å². The number of alkyl halides is 3. The van der Waals surface area contributed by atoms with E-state index in [0.29, 0.717) is 41.2 Å². The number of nitrogens with zero attached hydrogens (tertiary/aromatic N) is 6. The first kappa shape index (κ1) is 26.7. The number of hydrogen-bond donors (Lipinski definition) is 0. The highest BCUT2D eigenvalue weighted by Gasteiger charge is 2.34. The minimum absolute atomic E-state index is 0.0969. The molecule has 12 heteroatoms. The number of carbonyl (C=O) groups excluding carboxylic acids is 1. The van der Waals surface area contributed by atoms with Crippen LogP contribution in [-0.2, 0) is 24.5 Å². The van der Waals surface area contributed by atoms with Crippen LogP contribution >= 0.6 is 11.6 Å². The number of tetrazole rings is 1. The summed E-state index contributed by atoms with van der Waals surface area (Å²) in [5.41, 5.74) is 1.57. The Hall–Kier alpha value is -3.34. The van der Waals surface area contributed by atoms with E-state index in [-0.39, 0.29) is 24.6 Å². The molecule has 0 spiro atoms. The number of benzene rings is 2. The van der Waals surface area contributed by atoms with Gasteiger partial charge in [-0.05, 0) is 74.2 Å². The van der Waals surface area contributed by atoms with Crippen LogP contribution in [0.2, 0.25) is 5.02 Å². The van der Waals surface area contributed by atoms with Crippen LogP contribution in [0.3, 0.4) is 0 Å². The Balaban J connectivity index is 1.80. The molecule has 1 aliphatic heterocycles. The number of fused-ring (bicyclic) bond motifs is 1. The van der Waals surface area contributed by atoms with Crippen LogP contribution in [0, 0.1) is 6.92 Å². The van der Waals surface area contributed by atoms with Crippen LogP contribution in [0.25, 0.3) is 0 Å². The summed E-state index contributed by atoms with van der Waals surface area (Å²) in [7, 11) is 1.62. The third kappa shape index (κ3) is 6.15. The van der Waals surface area contributed by atoms with Crippen molar-refractivity contribution < 1.29 is 22.7 Å². The molecule has 1 atom stereocenters. The number of aryl methyl sites for hydroxylation is 2. The van der Waals surface area contributed by atoms with Gasteiger partial charge in [0.1, 0.15) is 0 Å². The molecule has 0 aliphatic carbocycles. The van der Waals surface area contributed by atoms with E-state index in [1.165, 1.54) is 4.80 Å². The lowest BCUT2D eigenvalue weighted by Crippen LogP contribution is -2.34. The van der Waals surface area contributed by atoms with E-state index >= 15 is 0 Å². The van der Waals surface area contributed by atoms with E-state index in [0.717, 1.165) is 17.7 Å². The fourth-order valence-corrected chi connectivity index (χ4v) is 4.72. The van der Waals surface area contributed by atoms with Crippen molar-refractivity contribution >= 4 is 29.3 Å². The average molecular weight is 537 g/mol. The zero-order valence-corrected chi connectivity index (χ0v) is 21.7. The number of amides is 1. The summed E-state index contributed by atoms with van der Waals surface area (Å²) in [6.45, 7) is 5.66. The molecule has 1 aliphatic rings. The van der Waals surface area contributed by atoms with Gasteiger partial charge in [0, 0.05) is 18.1 Å². The van der Waals surface area contributed by atoms with E-state index < -0.39 is 17.8 Å². The first-order valence-electron chi connectivity index (χ1n) is 11.9. The summed E-state index contributed by atoms with van der Waals surface area (Å²) in [5, 5.41) is 12.9. The van der Waals surface area contributed by atoms with Crippen LogP contribution in [0.5, 0.6) is 0 Å². The topological polar surface area (TPSA) is 76.4 Å². The van der Waals surface area contributed by atoms with Crippen LogP contribution in [0.1, 0.15) is 55.0 Å². The molecule has 1 aromatic heterocycles. The molecule has 0 bridgehead atoms. The molecular weight excluding hydrogens is 509 g/mol. The second-order valence-corrected chi connectivity index (χ2v) is 9.79. The minimum Gasteiger partial charge on any atom is -0.446 e. The molecular formula is C25H28ClF3N6O2. The van der Waals surface area contributed by atoms with Crippen molar-refractivity contribution in [3.05, 3.63) is 63.7 Å². The Kier molecular flexibility index (Phi) is 7.63. The Bertz CT molecular complexity index is 1280. The van der Waals surface area contributed by atoms with Gasteiger partial charge in [-0.3, -0.25) is 4.90 Å². The van der Waals surface area contributed by atoms with Gasteiger partial charge in [-0.2, -0.15) is 18.0 Å². The Morgan fingerprint density at radius 1 is 1.24 bits per heavy atom. The maximum atomic E-state index is 13.6. The lowest BCUT2D eigenvalue weighted by atomic mass is 9.98. The SMILES string of the molecule is Cc1cc(CN(c2nnn(C)n2)C2CCCN(C(=O)OC(C)C)c3cc(Cl)ccc32)cc(C(F)(F)F)c1. The quantitative estimate of drug-likeness (QED) is 0.393. The average Bonchev–Trinajstić information content (AvgIpc) is 3.13. The third-order valence-electron chi connectivity index (χ3n) is 6.01. The minimum atomic E-state index is -4.47. The predicted octanol–water partition coefficient (Wildman–Crippen LogP) is 6.08. The maximum Gasteiger partial charge on any atom is 0.416 e. The molecule has 0 fully saturated rings. The van der Waals surface area contributed by atoms with Gasteiger partial charge in [0.05, 0.1) is 30.4 Å². The zero-order valence-electron chi connectivity index (χ0n) is 21.0. The van der Waals surface area contributed by atoms with Gasteiger partial charge in [0.15, 0.2) is 0 Å². The lowest BCUT2D eigenvalue weighted by molar-refractivity contribution is -0.137. The van der Waals surface area contributed by atoms with Gasteiger partial charge < -0.3 is 9.64 Å². The van der Waals surface area contributed by atoms with Gasteiger partial charge >= 0.3 is 12.3 Å². The number of hydrogen-bond acceptors (Lipinski definition) is 6. The number of ether oxygens (including phenoxy) is 1. The van der Waals surface area contributed by atoms with Crippen LogP contribution in [0.15, 0.2) is 36.4 Å². The predicted molar refractivity (Wildman–Crippen MR) is 134 cm³/mol. The molecule has 8 nitrogen and oxygen atoms in total. The van der Waals surface area contributed by atoms with Crippen LogP contribution < -0.4 is 9.80 Å². The highest BCUT2D eigenvalue weighted by Crippen LogP contribution is 2.41. The van der Waals surface area contributed by atoms with Crippen molar-refractivity contribution in [2.24, 2.45) is 7.05 Å².